The van der Waals surface area contributed by atoms with Gasteiger partial charge in [-0.15, -0.1) is 0 Å². The molecule has 4 heterocycles. The maximum absolute atomic E-state index is 4.98. The van der Waals surface area contributed by atoms with Crippen LogP contribution < -0.4 is 10.6 Å². The number of nitrogens with one attached hydrogen (secondary N) is 2. The van der Waals surface area contributed by atoms with Crippen LogP contribution in [-0.2, 0) is 6.54 Å². The summed E-state index contributed by atoms with van der Waals surface area (Å²) in [7, 11) is 0. The number of rotatable bonds is 8. The second kappa shape index (κ2) is 10.6. The van der Waals surface area contributed by atoms with Gasteiger partial charge in [0.15, 0.2) is 17.0 Å². The van der Waals surface area contributed by atoms with E-state index in [4.69, 9.17) is 4.98 Å². The molecule has 194 valence electrons. The third-order valence-corrected chi connectivity index (χ3v) is 7.10. The minimum absolute atomic E-state index is 0.177. The molecule has 1 saturated heterocycles. The first-order valence-electron chi connectivity index (χ1n) is 13.3. The molecule has 9 heteroatoms. The van der Waals surface area contributed by atoms with Crippen LogP contribution in [0, 0.1) is 0 Å². The first-order valence-corrected chi connectivity index (χ1v) is 13.3. The van der Waals surface area contributed by atoms with Crippen LogP contribution in [0.25, 0.3) is 16.9 Å². The van der Waals surface area contributed by atoms with Gasteiger partial charge in [0, 0.05) is 55.5 Å². The SMILES string of the molecule is CC(C)n1c(Nc2ccc(-n3ccnc3)cc2)nc2c(NC3CCN(Cc4ccccc4)CC3)ncnc21. The zero-order valence-electron chi connectivity index (χ0n) is 21.8. The maximum atomic E-state index is 4.98. The summed E-state index contributed by atoms with van der Waals surface area (Å²) in [5.74, 6) is 1.56. The molecule has 0 radical (unpaired) electrons. The lowest BCUT2D eigenvalue weighted by Gasteiger charge is -2.32. The van der Waals surface area contributed by atoms with Crippen molar-refractivity contribution in [2.24, 2.45) is 0 Å². The number of piperidine rings is 1. The summed E-state index contributed by atoms with van der Waals surface area (Å²) in [5.41, 5.74) is 5.01. The highest BCUT2D eigenvalue weighted by molar-refractivity contribution is 5.86. The van der Waals surface area contributed by atoms with Crippen molar-refractivity contribution in [3.63, 3.8) is 0 Å². The summed E-state index contributed by atoms with van der Waals surface area (Å²) in [4.78, 5) is 20.8. The normalized spacial score (nSPS) is 14.8. The van der Waals surface area contributed by atoms with E-state index >= 15 is 0 Å². The molecule has 5 aromatic rings. The number of fused-ring (bicyclic) bond motifs is 1. The van der Waals surface area contributed by atoms with Gasteiger partial charge in [-0.3, -0.25) is 9.47 Å². The number of likely N-dealkylation sites (tertiary alicyclic amines) is 1. The van der Waals surface area contributed by atoms with Crippen molar-refractivity contribution < 1.29 is 0 Å². The molecule has 9 nitrogen and oxygen atoms in total. The van der Waals surface area contributed by atoms with Crippen LogP contribution in [0.15, 0.2) is 79.6 Å². The molecule has 0 atom stereocenters. The smallest absolute Gasteiger partial charge is 0.210 e. The van der Waals surface area contributed by atoms with Gasteiger partial charge in [-0.1, -0.05) is 30.3 Å². The minimum Gasteiger partial charge on any atom is -0.365 e. The quantitative estimate of drug-likeness (QED) is 0.290. The molecule has 0 bridgehead atoms. The molecule has 38 heavy (non-hydrogen) atoms. The van der Waals surface area contributed by atoms with Crippen LogP contribution in [-0.4, -0.2) is 53.1 Å². The summed E-state index contributed by atoms with van der Waals surface area (Å²) >= 11 is 0. The number of nitrogens with zero attached hydrogens (tertiary/aromatic N) is 7. The molecule has 0 amide bonds. The number of hydrogen-bond donors (Lipinski definition) is 2. The van der Waals surface area contributed by atoms with E-state index in [-0.39, 0.29) is 6.04 Å². The second-order valence-corrected chi connectivity index (χ2v) is 10.1. The fourth-order valence-corrected chi connectivity index (χ4v) is 5.12. The number of hydrogen-bond acceptors (Lipinski definition) is 7. The predicted octanol–water partition coefficient (Wildman–Crippen LogP) is 5.41. The van der Waals surface area contributed by atoms with Crippen LogP contribution >= 0.6 is 0 Å². The van der Waals surface area contributed by atoms with Crippen molar-refractivity contribution in [2.75, 3.05) is 23.7 Å². The third kappa shape index (κ3) is 5.10. The summed E-state index contributed by atoms with van der Waals surface area (Å²) in [6.45, 7) is 7.41. The van der Waals surface area contributed by atoms with E-state index in [2.05, 4.69) is 91.4 Å². The molecule has 2 aromatic carbocycles. The highest BCUT2D eigenvalue weighted by Gasteiger charge is 2.23. The zero-order chi connectivity index (χ0) is 25.9. The Morgan fingerprint density at radius 2 is 1.76 bits per heavy atom. The Labute approximate surface area is 222 Å². The molecule has 2 N–H and O–H groups in total. The van der Waals surface area contributed by atoms with E-state index < -0.39 is 0 Å². The van der Waals surface area contributed by atoms with E-state index in [0.717, 1.165) is 66.8 Å². The number of imidazole rings is 2. The Morgan fingerprint density at radius 3 is 2.47 bits per heavy atom. The molecule has 0 unspecified atom stereocenters. The van der Waals surface area contributed by atoms with E-state index in [1.54, 1.807) is 18.9 Å². The number of anilines is 3. The molecule has 3 aromatic heterocycles. The van der Waals surface area contributed by atoms with Gasteiger partial charge in [0.25, 0.3) is 0 Å². The highest BCUT2D eigenvalue weighted by Crippen LogP contribution is 2.30. The fraction of sp³-hybridized carbons (Fsp3) is 0.310. The van der Waals surface area contributed by atoms with Gasteiger partial charge in [-0.05, 0) is 56.5 Å². The lowest BCUT2D eigenvalue weighted by molar-refractivity contribution is 0.211. The Kier molecular flexibility index (Phi) is 6.75. The standard InChI is InChI=1S/C29H33N9/c1-21(2)38-28-26(35-29(38)34-23-8-10-25(11-9-23)37-17-14-30-20-37)27(31-19-32-28)33-24-12-15-36(16-13-24)18-22-6-4-3-5-7-22/h3-11,14,17,19-21,24H,12-13,15-16,18H2,1-2H3,(H,34,35)(H,31,32,33). The second-order valence-electron chi connectivity index (χ2n) is 10.1. The minimum atomic E-state index is 0.177. The average Bonchev–Trinajstić information content (AvgIpc) is 3.60. The van der Waals surface area contributed by atoms with Crippen molar-refractivity contribution in [3.8, 4) is 5.69 Å². The predicted molar refractivity (Wildman–Crippen MR) is 151 cm³/mol. The lowest BCUT2D eigenvalue weighted by atomic mass is 10.0. The summed E-state index contributed by atoms with van der Waals surface area (Å²) in [6, 6.07) is 19.4. The van der Waals surface area contributed by atoms with Gasteiger partial charge in [0.05, 0.1) is 6.33 Å². The Hall–Kier alpha value is -4.24. The molecule has 1 fully saturated rings. The summed E-state index contributed by atoms with van der Waals surface area (Å²) in [6.07, 6.45) is 9.27. The van der Waals surface area contributed by atoms with E-state index in [0.29, 0.717) is 6.04 Å². The highest BCUT2D eigenvalue weighted by atomic mass is 15.3. The largest absolute Gasteiger partial charge is 0.365 e. The van der Waals surface area contributed by atoms with Crippen molar-refractivity contribution >= 4 is 28.6 Å². The van der Waals surface area contributed by atoms with Crippen molar-refractivity contribution in [1.29, 1.82) is 0 Å². The van der Waals surface area contributed by atoms with Gasteiger partial charge < -0.3 is 15.2 Å². The van der Waals surface area contributed by atoms with Crippen LogP contribution in [0.3, 0.4) is 0 Å². The van der Waals surface area contributed by atoms with Crippen molar-refractivity contribution in [3.05, 3.63) is 85.2 Å². The number of aromatic nitrogens is 6. The van der Waals surface area contributed by atoms with Gasteiger partial charge >= 0.3 is 0 Å². The maximum Gasteiger partial charge on any atom is 0.210 e. The molecular weight excluding hydrogens is 474 g/mol. The zero-order valence-corrected chi connectivity index (χ0v) is 21.8. The molecular formula is C29H33N9. The average molecular weight is 508 g/mol. The molecule has 1 aliphatic rings. The summed E-state index contributed by atoms with van der Waals surface area (Å²) in [5, 5.41) is 7.19. The molecule has 0 spiro atoms. The first-order chi connectivity index (χ1) is 18.6. The fourth-order valence-electron chi connectivity index (χ4n) is 5.12. The van der Waals surface area contributed by atoms with Gasteiger partial charge in [0.2, 0.25) is 5.95 Å². The van der Waals surface area contributed by atoms with Crippen LogP contribution in [0.4, 0.5) is 17.5 Å². The van der Waals surface area contributed by atoms with Crippen LogP contribution in [0.1, 0.15) is 38.3 Å². The Bertz CT molecular complexity index is 1470. The molecule has 0 saturated carbocycles. The van der Waals surface area contributed by atoms with Gasteiger partial charge in [0.1, 0.15) is 6.33 Å². The van der Waals surface area contributed by atoms with Crippen LogP contribution in [0.2, 0.25) is 0 Å². The van der Waals surface area contributed by atoms with E-state index in [1.165, 1.54) is 5.56 Å². The molecule has 0 aliphatic carbocycles. The van der Waals surface area contributed by atoms with Crippen molar-refractivity contribution in [1.82, 2.24) is 34.0 Å². The lowest BCUT2D eigenvalue weighted by Crippen LogP contribution is -2.38. The van der Waals surface area contributed by atoms with E-state index in [9.17, 15) is 0 Å². The van der Waals surface area contributed by atoms with Gasteiger partial charge in [-0.2, -0.15) is 0 Å². The molecule has 1 aliphatic heterocycles. The van der Waals surface area contributed by atoms with Crippen LogP contribution in [0.5, 0.6) is 0 Å². The van der Waals surface area contributed by atoms with Gasteiger partial charge in [-0.25, -0.2) is 19.9 Å². The summed E-state index contributed by atoms with van der Waals surface area (Å²) < 4.78 is 4.11. The van der Waals surface area contributed by atoms with E-state index in [1.807, 2.05) is 22.9 Å². The van der Waals surface area contributed by atoms with Crippen molar-refractivity contribution in [2.45, 2.75) is 45.3 Å². The Balaban J connectivity index is 1.18. The third-order valence-electron chi connectivity index (χ3n) is 7.10. The topological polar surface area (TPSA) is 88.7 Å². The molecule has 6 rings (SSSR count). The first kappa shape index (κ1) is 24.1. The monoisotopic (exact) mass is 507 g/mol. The Morgan fingerprint density at radius 1 is 0.974 bits per heavy atom. The number of benzene rings is 2.